The zero-order valence-corrected chi connectivity index (χ0v) is 6.08. The molecule has 1 N–H and O–H groups in total. The Labute approximate surface area is 62.7 Å². The fraction of sp³-hybridized carbons (Fsp3) is 0.200. The number of nitrogens with zero attached hydrogens (tertiary/aromatic N) is 3. The van der Waals surface area contributed by atoms with Gasteiger partial charge in [0.2, 0.25) is 0 Å². The topological polar surface area (TPSA) is 50.4 Å². The predicted molar refractivity (Wildman–Crippen MR) is 37.4 cm³/mol. The molecule has 0 fully saturated rings. The Bertz CT molecular complexity index is 255. The van der Waals surface area contributed by atoms with Crippen LogP contribution in [0, 0.1) is 0 Å². The minimum atomic E-state index is 0.0492. The van der Waals surface area contributed by atoms with E-state index in [1.807, 2.05) is 0 Å². The second-order valence-electron chi connectivity index (χ2n) is 1.79. The maximum atomic E-state index is 8.22. The zero-order valence-electron chi connectivity index (χ0n) is 5.32. The van der Waals surface area contributed by atoms with E-state index in [0.29, 0.717) is 5.56 Å². The summed E-state index contributed by atoms with van der Waals surface area (Å²) in [7, 11) is 1.76. The molecule has 0 aliphatic carbocycles. The third-order valence-electron chi connectivity index (χ3n) is 1.03. The van der Waals surface area contributed by atoms with E-state index >= 15 is 0 Å². The summed E-state index contributed by atoms with van der Waals surface area (Å²) < 4.78 is 1.57. The average Bonchev–Trinajstić information content (AvgIpc) is 2.34. The molecule has 4 nitrogen and oxygen atoms in total. The van der Waals surface area contributed by atoms with E-state index in [1.54, 1.807) is 17.9 Å². The molecule has 54 valence electrons. The molecule has 0 aromatic carbocycles. The summed E-state index contributed by atoms with van der Waals surface area (Å²) in [4.78, 5) is 0. The molecule has 1 aromatic rings. The third-order valence-corrected chi connectivity index (χ3v) is 1.32. The standard InChI is InChI=1S/C5H6ClN3O/c1-9-3-4(2-7-9)5(6)8-10/h2-3,10H,1H3. The fourth-order valence-electron chi connectivity index (χ4n) is 0.585. The van der Waals surface area contributed by atoms with Crippen LogP contribution in [-0.2, 0) is 7.05 Å². The van der Waals surface area contributed by atoms with Gasteiger partial charge in [-0.2, -0.15) is 5.10 Å². The second kappa shape index (κ2) is 2.70. The smallest absolute Gasteiger partial charge is 0.178 e. The number of hydrogen-bond donors (Lipinski definition) is 1. The summed E-state index contributed by atoms with van der Waals surface area (Å²) in [6.45, 7) is 0. The van der Waals surface area contributed by atoms with E-state index < -0.39 is 0 Å². The third kappa shape index (κ3) is 1.27. The molecule has 0 amide bonds. The molecule has 1 heterocycles. The lowest BCUT2D eigenvalue weighted by molar-refractivity contribution is 0.321. The van der Waals surface area contributed by atoms with E-state index in [-0.39, 0.29) is 5.17 Å². The summed E-state index contributed by atoms with van der Waals surface area (Å²) in [5.41, 5.74) is 0.603. The molecule has 10 heavy (non-hydrogen) atoms. The van der Waals surface area contributed by atoms with Crippen LogP contribution in [0.1, 0.15) is 5.56 Å². The van der Waals surface area contributed by atoms with Gasteiger partial charge >= 0.3 is 0 Å². The van der Waals surface area contributed by atoms with Crippen molar-refractivity contribution in [3.05, 3.63) is 18.0 Å². The van der Waals surface area contributed by atoms with Gasteiger partial charge in [0.25, 0.3) is 0 Å². The van der Waals surface area contributed by atoms with Gasteiger partial charge in [-0.3, -0.25) is 4.68 Å². The van der Waals surface area contributed by atoms with Gasteiger partial charge in [0.1, 0.15) is 0 Å². The van der Waals surface area contributed by atoms with Gasteiger partial charge < -0.3 is 5.21 Å². The average molecular weight is 160 g/mol. The molecule has 0 bridgehead atoms. The van der Waals surface area contributed by atoms with Crippen molar-refractivity contribution in [3.8, 4) is 0 Å². The second-order valence-corrected chi connectivity index (χ2v) is 2.15. The first-order valence-corrected chi connectivity index (χ1v) is 2.98. The van der Waals surface area contributed by atoms with Crippen LogP contribution < -0.4 is 0 Å². The fourth-order valence-corrected chi connectivity index (χ4v) is 0.683. The normalized spacial score (nSPS) is 12.0. The van der Waals surface area contributed by atoms with Crippen LogP contribution >= 0.6 is 11.6 Å². The largest absolute Gasteiger partial charge is 0.410 e. The van der Waals surface area contributed by atoms with E-state index in [1.165, 1.54) is 6.20 Å². The molecule has 0 saturated heterocycles. The van der Waals surface area contributed by atoms with Crippen LogP contribution in [0.5, 0.6) is 0 Å². The molecule has 0 aliphatic heterocycles. The van der Waals surface area contributed by atoms with Crippen LogP contribution in [-0.4, -0.2) is 20.2 Å². The number of hydrogen-bond acceptors (Lipinski definition) is 3. The highest BCUT2D eigenvalue weighted by Crippen LogP contribution is 2.01. The van der Waals surface area contributed by atoms with Crippen molar-refractivity contribution in [1.82, 2.24) is 9.78 Å². The number of halogens is 1. The monoisotopic (exact) mass is 159 g/mol. The highest BCUT2D eigenvalue weighted by atomic mass is 35.5. The molecule has 1 aromatic heterocycles. The molecule has 0 aliphatic rings. The zero-order chi connectivity index (χ0) is 7.56. The van der Waals surface area contributed by atoms with Gasteiger partial charge in [0.05, 0.1) is 11.8 Å². The van der Waals surface area contributed by atoms with Crippen LogP contribution in [0.4, 0.5) is 0 Å². The first-order chi connectivity index (χ1) is 4.74. The maximum absolute atomic E-state index is 8.22. The summed E-state index contributed by atoms with van der Waals surface area (Å²) in [5.74, 6) is 0. The molecule has 1 rings (SSSR count). The van der Waals surface area contributed by atoms with E-state index in [0.717, 1.165) is 0 Å². The quantitative estimate of drug-likeness (QED) is 0.374. The van der Waals surface area contributed by atoms with E-state index in [2.05, 4.69) is 10.3 Å². The van der Waals surface area contributed by atoms with E-state index in [9.17, 15) is 0 Å². The molecular formula is C5H6ClN3O. The van der Waals surface area contributed by atoms with Gasteiger partial charge in [0.15, 0.2) is 5.17 Å². The molecule has 0 unspecified atom stereocenters. The number of oxime groups is 1. The Kier molecular flexibility index (Phi) is 1.91. The molecule has 0 spiro atoms. The summed E-state index contributed by atoms with van der Waals surface area (Å²) in [5, 5.41) is 14.9. The van der Waals surface area contributed by atoms with Crippen molar-refractivity contribution < 1.29 is 5.21 Å². The van der Waals surface area contributed by atoms with Crippen molar-refractivity contribution in [2.45, 2.75) is 0 Å². The van der Waals surface area contributed by atoms with Gasteiger partial charge in [0, 0.05) is 13.2 Å². The lowest BCUT2D eigenvalue weighted by Crippen LogP contribution is -1.88. The number of rotatable bonds is 1. The highest BCUT2D eigenvalue weighted by Gasteiger charge is 2.00. The lowest BCUT2D eigenvalue weighted by atomic mass is 10.4. The van der Waals surface area contributed by atoms with Gasteiger partial charge in [-0.05, 0) is 0 Å². The minimum absolute atomic E-state index is 0.0492. The Hall–Kier alpha value is -1.03. The highest BCUT2D eigenvalue weighted by molar-refractivity contribution is 6.69. The van der Waals surface area contributed by atoms with Crippen LogP contribution in [0.3, 0.4) is 0 Å². The summed E-state index contributed by atoms with van der Waals surface area (Å²) >= 11 is 5.45. The SMILES string of the molecule is Cn1cc(C(Cl)=NO)cn1. The van der Waals surface area contributed by atoms with Crippen molar-refractivity contribution in [2.24, 2.45) is 12.2 Å². The van der Waals surface area contributed by atoms with Crippen molar-refractivity contribution in [1.29, 1.82) is 0 Å². The number of aryl methyl sites for hydroxylation is 1. The first kappa shape index (κ1) is 7.08. The lowest BCUT2D eigenvalue weighted by Gasteiger charge is -1.85. The Morgan fingerprint density at radius 2 is 2.60 bits per heavy atom. The predicted octanol–water partition coefficient (Wildman–Crippen LogP) is 0.795. The van der Waals surface area contributed by atoms with Crippen molar-refractivity contribution in [2.75, 3.05) is 0 Å². The summed E-state index contributed by atoms with van der Waals surface area (Å²) in [6, 6.07) is 0. The molecule has 0 atom stereocenters. The number of aromatic nitrogens is 2. The Balaban J connectivity index is 2.95. The van der Waals surface area contributed by atoms with Crippen LogP contribution in [0.2, 0.25) is 0 Å². The maximum Gasteiger partial charge on any atom is 0.178 e. The van der Waals surface area contributed by atoms with E-state index in [4.69, 9.17) is 16.8 Å². The molecule has 0 radical (unpaired) electrons. The van der Waals surface area contributed by atoms with Gasteiger partial charge in [-0.1, -0.05) is 16.8 Å². The van der Waals surface area contributed by atoms with Crippen molar-refractivity contribution >= 4 is 16.8 Å². The molecular weight excluding hydrogens is 154 g/mol. The Morgan fingerprint density at radius 3 is 3.00 bits per heavy atom. The van der Waals surface area contributed by atoms with Crippen LogP contribution in [0.25, 0.3) is 0 Å². The summed E-state index contributed by atoms with van der Waals surface area (Å²) in [6.07, 6.45) is 3.17. The van der Waals surface area contributed by atoms with Crippen LogP contribution in [0.15, 0.2) is 17.5 Å². The van der Waals surface area contributed by atoms with Gasteiger partial charge in [-0.25, -0.2) is 0 Å². The first-order valence-electron chi connectivity index (χ1n) is 2.60. The minimum Gasteiger partial charge on any atom is -0.410 e. The molecule has 0 saturated carbocycles. The van der Waals surface area contributed by atoms with Gasteiger partial charge in [-0.15, -0.1) is 0 Å². The Morgan fingerprint density at radius 1 is 1.90 bits per heavy atom. The molecule has 5 heteroatoms. The van der Waals surface area contributed by atoms with Crippen molar-refractivity contribution in [3.63, 3.8) is 0 Å².